The fourth-order valence-corrected chi connectivity index (χ4v) is 1.06. The minimum atomic E-state index is -0.437. The summed E-state index contributed by atoms with van der Waals surface area (Å²) in [6.45, 7) is 2.28. The van der Waals surface area contributed by atoms with Gasteiger partial charge in [-0.1, -0.05) is 0 Å². The first-order chi connectivity index (χ1) is 6.22. The molecule has 0 unspecified atom stereocenters. The number of carbonyl (C=O) groups is 1. The smallest absolute Gasteiger partial charge is 0.316 e. The summed E-state index contributed by atoms with van der Waals surface area (Å²) >= 11 is 5.35. The highest BCUT2D eigenvalue weighted by molar-refractivity contribution is 6.62. The maximum absolute atomic E-state index is 10.8. The Morgan fingerprint density at radius 3 is 2.31 bits per heavy atom. The van der Waals surface area contributed by atoms with Crippen molar-refractivity contribution in [3.05, 3.63) is 0 Å². The summed E-state index contributed by atoms with van der Waals surface area (Å²) in [6, 6.07) is 0. The van der Waals surface area contributed by atoms with E-state index in [9.17, 15) is 4.79 Å². The average molecular weight is 210 g/mol. The summed E-state index contributed by atoms with van der Waals surface area (Å²) in [7, 11) is 3.22. The molecule has 0 N–H and O–H groups in total. The number of hydrogen-bond acceptors (Lipinski definition) is 3. The predicted octanol–water partition coefficient (Wildman–Crippen LogP) is 1.33. The topological polar surface area (TPSA) is 38.8 Å². The molecule has 0 saturated heterocycles. The molecule has 0 radical (unpaired) electrons. The van der Waals surface area contributed by atoms with Crippen LogP contribution in [0, 0.1) is 0 Å². The van der Waals surface area contributed by atoms with Crippen LogP contribution < -0.4 is 0 Å². The van der Waals surface area contributed by atoms with Crippen LogP contribution in [-0.2, 0) is 9.47 Å². The van der Waals surface area contributed by atoms with Gasteiger partial charge < -0.3 is 14.4 Å². The quantitative estimate of drug-likeness (QED) is 0.361. The second-order valence-electron chi connectivity index (χ2n) is 2.58. The van der Waals surface area contributed by atoms with Crippen LogP contribution in [0.5, 0.6) is 0 Å². The lowest BCUT2D eigenvalue weighted by molar-refractivity contribution is 0.146. The first-order valence-corrected chi connectivity index (χ1v) is 4.52. The molecule has 0 heterocycles. The molecular weight excluding hydrogens is 194 g/mol. The number of hydrogen-bond donors (Lipinski definition) is 0. The monoisotopic (exact) mass is 209 g/mol. The van der Waals surface area contributed by atoms with E-state index in [1.165, 1.54) is 4.90 Å². The van der Waals surface area contributed by atoms with Gasteiger partial charge >= 0.3 is 5.37 Å². The molecule has 4 nitrogen and oxygen atoms in total. The zero-order chi connectivity index (χ0) is 10.1. The Hall–Kier alpha value is -0.320. The van der Waals surface area contributed by atoms with E-state index in [1.54, 1.807) is 14.2 Å². The number of rotatable bonds is 7. The van der Waals surface area contributed by atoms with Crippen molar-refractivity contribution in [1.29, 1.82) is 0 Å². The second-order valence-corrected chi connectivity index (χ2v) is 2.90. The van der Waals surface area contributed by atoms with Gasteiger partial charge in [0.25, 0.3) is 0 Å². The average Bonchev–Trinajstić information content (AvgIpc) is 2.10. The number of amides is 1. The van der Waals surface area contributed by atoms with Crippen LogP contribution in [0.1, 0.15) is 6.42 Å². The van der Waals surface area contributed by atoms with E-state index in [4.69, 9.17) is 21.1 Å². The van der Waals surface area contributed by atoms with E-state index in [0.29, 0.717) is 26.3 Å². The van der Waals surface area contributed by atoms with Crippen molar-refractivity contribution in [2.45, 2.75) is 6.42 Å². The number of carbonyl (C=O) groups excluding carboxylic acids is 1. The first-order valence-electron chi connectivity index (χ1n) is 4.14. The van der Waals surface area contributed by atoms with E-state index in [2.05, 4.69) is 0 Å². The van der Waals surface area contributed by atoms with Gasteiger partial charge in [-0.25, -0.2) is 0 Å². The molecule has 78 valence electrons. The first kappa shape index (κ1) is 12.7. The molecule has 0 aromatic carbocycles. The van der Waals surface area contributed by atoms with E-state index in [-0.39, 0.29) is 0 Å². The van der Waals surface area contributed by atoms with Crippen LogP contribution in [0.2, 0.25) is 0 Å². The lowest BCUT2D eigenvalue weighted by Gasteiger charge is -2.18. The number of nitrogens with zero attached hydrogens (tertiary/aromatic N) is 1. The highest BCUT2D eigenvalue weighted by Gasteiger charge is 2.08. The molecule has 0 spiro atoms. The lowest BCUT2D eigenvalue weighted by atomic mass is 10.4. The van der Waals surface area contributed by atoms with Gasteiger partial charge in [-0.15, -0.1) is 0 Å². The van der Waals surface area contributed by atoms with E-state index >= 15 is 0 Å². The highest BCUT2D eigenvalue weighted by Crippen LogP contribution is 1.98. The Balaban J connectivity index is 3.61. The van der Waals surface area contributed by atoms with Gasteiger partial charge in [0.1, 0.15) is 0 Å². The molecule has 0 bridgehead atoms. The normalized spacial score (nSPS) is 10.1. The van der Waals surface area contributed by atoms with Crippen LogP contribution in [-0.4, -0.2) is 50.8 Å². The van der Waals surface area contributed by atoms with Gasteiger partial charge in [-0.3, -0.25) is 4.79 Å². The van der Waals surface area contributed by atoms with Crippen molar-refractivity contribution in [3.8, 4) is 0 Å². The molecule has 1 amide bonds. The Labute approximate surface area is 83.7 Å². The van der Waals surface area contributed by atoms with Gasteiger partial charge in [-0.05, 0) is 18.0 Å². The van der Waals surface area contributed by atoms with Gasteiger partial charge in [0, 0.05) is 33.9 Å². The van der Waals surface area contributed by atoms with Crippen molar-refractivity contribution in [3.63, 3.8) is 0 Å². The van der Waals surface area contributed by atoms with Crippen LogP contribution in [0.15, 0.2) is 0 Å². The Morgan fingerprint density at radius 1 is 1.23 bits per heavy atom. The molecule has 0 aromatic heterocycles. The predicted molar refractivity (Wildman–Crippen MR) is 51.2 cm³/mol. The third kappa shape index (κ3) is 6.81. The maximum atomic E-state index is 10.8. The number of halogens is 1. The van der Waals surface area contributed by atoms with Gasteiger partial charge in [0.2, 0.25) is 0 Å². The molecule has 0 aliphatic rings. The van der Waals surface area contributed by atoms with Crippen molar-refractivity contribution in [1.82, 2.24) is 4.90 Å². The highest BCUT2D eigenvalue weighted by atomic mass is 35.5. The molecule has 0 aromatic rings. The summed E-state index contributed by atoms with van der Waals surface area (Å²) in [4.78, 5) is 12.4. The van der Waals surface area contributed by atoms with E-state index < -0.39 is 5.37 Å². The minimum Gasteiger partial charge on any atom is -0.385 e. The molecule has 5 heteroatoms. The Morgan fingerprint density at radius 2 is 1.85 bits per heavy atom. The fraction of sp³-hybridized carbons (Fsp3) is 0.875. The third-order valence-electron chi connectivity index (χ3n) is 1.59. The zero-order valence-electron chi connectivity index (χ0n) is 8.09. The standard InChI is InChI=1S/C8H16ClNO3/c1-12-6-3-4-10(8(9)11)5-7-13-2/h3-7H2,1-2H3. The molecular formula is C8H16ClNO3. The molecule has 0 aliphatic carbocycles. The molecule has 0 atom stereocenters. The lowest BCUT2D eigenvalue weighted by Crippen LogP contribution is -2.31. The Kier molecular flexibility index (Phi) is 8.08. The molecule has 13 heavy (non-hydrogen) atoms. The van der Waals surface area contributed by atoms with Crippen LogP contribution in [0.4, 0.5) is 4.79 Å². The minimum absolute atomic E-state index is 0.437. The molecule has 0 rings (SSSR count). The third-order valence-corrected chi connectivity index (χ3v) is 1.83. The zero-order valence-corrected chi connectivity index (χ0v) is 8.84. The van der Waals surface area contributed by atoms with Gasteiger partial charge in [0.15, 0.2) is 0 Å². The summed E-state index contributed by atoms with van der Waals surface area (Å²) < 4.78 is 9.71. The van der Waals surface area contributed by atoms with Crippen molar-refractivity contribution in [2.24, 2.45) is 0 Å². The van der Waals surface area contributed by atoms with Crippen LogP contribution >= 0.6 is 11.6 Å². The van der Waals surface area contributed by atoms with Crippen LogP contribution in [0.25, 0.3) is 0 Å². The summed E-state index contributed by atoms with van der Waals surface area (Å²) in [5.41, 5.74) is 0. The van der Waals surface area contributed by atoms with E-state index in [1.807, 2.05) is 0 Å². The molecule has 0 saturated carbocycles. The maximum Gasteiger partial charge on any atom is 0.316 e. The largest absolute Gasteiger partial charge is 0.385 e. The van der Waals surface area contributed by atoms with Crippen LogP contribution in [0.3, 0.4) is 0 Å². The number of methoxy groups -OCH3 is 2. The fourth-order valence-electron chi connectivity index (χ4n) is 0.889. The van der Waals surface area contributed by atoms with Gasteiger partial charge in [-0.2, -0.15) is 0 Å². The molecule has 0 aliphatic heterocycles. The second kappa shape index (κ2) is 8.29. The Bertz CT molecular complexity index is 143. The summed E-state index contributed by atoms with van der Waals surface area (Å²) in [5.74, 6) is 0. The summed E-state index contributed by atoms with van der Waals surface area (Å²) in [5, 5.41) is -0.437. The van der Waals surface area contributed by atoms with Crippen molar-refractivity contribution >= 4 is 17.0 Å². The summed E-state index contributed by atoms with van der Waals surface area (Å²) in [6.07, 6.45) is 0.790. The van der Waals surface area contributed by atoms with Crippen molar-refractivity contribution in [2.75, 3.05) is 40.5 Å². The molecule has 0 fully saturated rings. The SMILES string of the molecule is COCCCN(CCOC)C(=O)Cl. The van der Waals surface area contributed by atoms with Crippen molar-refractivity contribution < 1.29 is 14.3 Å². The number of ether oxygens (including phenoxy) is 2. The van der Waals surface area contributed by atoms with E-state index in [0.717, 1.165) is 6.42 Å². The van der Waals surface area contributed by atoms with Gasteiger partial charge in [0.05, 0.1) is 6.61 Å².